The second-order valence-corrected chi connectivity index (χ2v) is 8.04. The van der Waals surface area contributed by atoms with Crippen molar-refractivity contribution < 1.29 is 9.47 Å². The van der Waals surface area contributed by atoms with Gasteiger partial charge in [0, 0.05) is 24.3 Å². The summed E-state index contributed by atoms with van der Waals surface area (Å²) in [6.07, 6.45) is 8.29. The molecule has 2 N–H and O–H groups in total. The molecule has 19 heavy (non-hydrogen) atoms. The fraction of sp³-hybridized carbons (Fsp3) is 1.00. The Kier molecular flexibility index (Phi) is 3.34. The summed E-state index contributed by atoms with van der Waals surface area (Å²) >= 11 is 2.05. The van der Waals surface area contributed by atoms with Gasteiger partial charge in [-0.25, -0.2) is 0 Å². The first kappa shape index (κ1) is 12.9. The van der Waals surface area contributed by atoms with Gasteiger partial charge in [0.25, 0.3) is 0 Å². The third-order valence-corrected chi connectivity index (χ3v) is 7.01. The highest BCUT2D eigenvalue weighted by molar-refractivity contribution is 7.99. The lowest BCUT2D eigenvalue weighted by molar-refractivity contribution is -0.0874. The van der Waals surface area contributed by atoms with Gasteiger partial charge in [0.2, 0.25) is 0 Å². The van der Waals surface area contributed by atoms with Gasteiger partial charge in [0.05, 0.1) is 17.8 Å². The van der Waals surface area contributed by atoms with Crippen LogP contribution in [-0.4, -0.2) is 42.0 Å². The van der Waals surface area contributed by atoms with Crippen LogP contribution in [0.2, 0.25) is 0 Å². The van der Waals surface area contributed by atoms with E-state index in [1.54, 1.807) is 0 Å². The zero-order chi connectivity index (χ0) is 12.9. The third kappa shape index (κ3) is 2.25. The van der Waals surface area contributed by atoms with E-state index < -0.39 is 0 Å². The van der Waals surface area contributed by atoms with Crippen LogP contribution in [0.1, 0.15) is 38.5 Å². The molecule has 4 heterocycles. The van der Waals surface area contributed by atoms with Crippen molar-refractivity contribution in [3.63, 3.8) is 0 Å². The lowest BCUT2D eigenvalue weighted by Gasteiger charge is -2.42. The Bertz CT molecular complexity index is 345. The fourth-order valence-electron chi connectivity index (χ4n) is 4.69. The van der Waals surface area contributed by atoms with Gasteiger partial charge in [-0.3, -0.25) is 0 Å². The summed E-state index contributed by atoms with van der Waals surface area (Å²) in [5, 5.41) is 0. The van der Waals surface area contributed by atoms with Crippen molar-refractivity contribution in [1.82, 2.24) is 0 Å². The van der Waals surface area contributed by atoms with E-state index >= 15 is 0 Å². The maximum absolute atomic E-state index is 6.65. The first-order valence-corrected chi connectivity index (χ1v) is 9.04. The summed E-state index contributed by atoms with van der Waals surface area (Å²) in [4.78, 5) is 0. The van der Waals surface area contributed by atoms with E-state index in [9.17, 15) is 0 Å². The van der Waals surface area contributed by atoms with Crippen LogP contribution in [-0.2, 0) is 9.47 Å². The predicted octanol–water partition coefficient (Wildman–Crippen LogP) is 2.18. The Morgan fingerprint density at radius 3 is 2.89 bits per heavy atom. The van der Waals surface area contributed by atoms with Crippen LogP contribution in [0.25, 0.3) is 0 Å². The van der Waals surface area contributed by atoms with Crippen LogP contribution in [0.15, 0.2) is 0 Å². The minimum absolute atomic E-state index is 0.170. The monoisotopic (exact) mass is 283 g/mol. The lowest BCUT2D eigenvalue weighted by Crippen LogP contribution is -2.49. The topological polar surface area (TPSA) is 44.5 Å². The van der Waals surface area contributed by atoms with Crippen LogP contribution in [0.4, 0.5) is 0 Å². The Balaban J connectivity index is 1.43. The van der Waals surface area contributed by atoms with Gasteiger partial charge in [-0.2, -0.15) is 11.8 Å². The molecule has 3 nitrogen and oxygen atoms in total. The van der Waals surface area contributed by atoms with Crippen molar-refractivity contribution in [2.24, 2.45) is 17.6 Å². The largest absolute Gasteiger partial charge is 0.375 e. The first-order valence-electron chi connectivity index (χ1n) is 7.89. The number of fused-ring (bicyclic) bond motifs is 2. The molecule has 0 saturated carbocycles. The van der Waals surface area contributed by atoms with Gasteiger partial charge in [-0.1, -0.05) is 0 Å². The maximum Gasteiger partial charge on any atom is 0.0783 e. The molecule has 6 atom stereocenters. The normalized spacial score (nSPS) is 51.0. The molecule has 4 aliphatic heterocycles. The Morgan fingerprint density at radius 2 is 2.21 bits per heavy atom. The van der Waals surface area contributed by atoms with Crippen molar-refractivity contribution >= 4 is 11.8 Å². The molecule has 0 aromatic rings. The molecule has 4 saturated heterocycles. The number of hydrogen-bond acceptors (Lipinski definition) is 4. The van der Waals surface area contributed by atoms with E-state index in [1.165, 1.54) is 43.6 Å². The Labute approximate surface area is 120 Å². The average molecular weight is 283 g/mol. The van der Waals surface area contributed by atoms with Crippen molar-refractivity contribution in [2.75, 3.05) is 18.1 Å². The summed E-state index contributed by atoms with van der Waals surface area (Å²) < 4.78 is 12.1. The molecule has 4 rings (SSSR count). The van der Waals surface area contributed by atoms with E-state index in [0.29, 0.717) is 30.1 Å². The second kappa shape index (κ2) is 4.90. The Morgan fingerprint density at radius 1 is 1.26 bits per heavy atom. The lowest BCUT2D eigenvalue weighted by atomic mass is 9.73. The first-order chi connectivity index (χ1) is 9.26. The van der Waals surface area contributed by atoms with Crippen LogP contribution in [0.5, 0.6) is 0 Å². The Hall–Kier alpha value is 0.230. The molecule has 0 aromatic carbocycles. The molecule has 0 aliphatic carbocycles. The molecule has 0 radical (unpaired) electrons. The molecule has 2 bridgehead atoms. The van der Waals surface area contributed by atoms with Gasteiger partial charge in [0.15, 0.2) is 0 Å². The van der Waals surface area contributed by atoms with E-state index in [-0.39, 0.29) is 5.60 Å². The van der Waals surface area contributed by atoms with E-state index in [1.807, 2.05) is 11.8 Å². The van der Waals surface area contributed by atoms with Crippen molar-refractivity contribution in [2.45, 2.75) is 62.4 Å². The molecule has 0 amide bonds. The molecule has 4 fully saturated rings. The third-order valence-electron chi connectivity index (χ3n) is 5.79. The van der Waals surface area contributed by atoms with Gasteiger partial charge in [-0.15, -0.1) is 0 Å². The van der Waals surface area contributed by atoms with Gasteiger partial charge in [0.1, 0.15) is 0 Å². The van der Waals surface area contributed by atoms with E-state index in [4.69, 9.17) is 15.2 Å². The number of hydrogen-bond donors (Lipinski definition) is 1. The van der Waals surface area contributed by atoms with Crippen molar-refractivity contribution in [3.8, 4) is 0 Å². The van der Waals surface area contributed by atoms with Gasteiger partial charge in [-0.05, 0) is 50.2 Å². The second-order valence-electron chi connectivity index (χ2n) is 6.94. The molecule has 0 aromatic heterocycles. The summed E-state index contributed by atoms with van der Waals surface area (Å²) in [6.45, 7) is 0.917. The zero-order valence-corrected chi connectivity index (χ0v) is 12.4. The van der Waals surface area contributed by atoms with E-state index in [2.05, 4.69) is 0 Å². The van der Waals surface area contributed by atoms with Crippen molar-refractivity contribution in [1.29, 1.82) is 0 Å². The highest BCUT2D eigenvalue weighted by Crippen LogP contribution is 2.46. The number of ether oxygens (including phenoxy) is 2. The smallest absolute Gasteiger partial charge is 0.0783 e. The highest BCUT2D eigenvalue weighted by atomic mass is 32.2. The zero-order valence-electron chi connectivity index (χ0n) is 11.6. The van der Waals surface area contributed by atoms with Crippen LogP contribution < -0.4 is 5.73 Å². The number of rotatable bonds is 2. The van der Waals surface area contributed by atoms with Gasteiger partial charge < -0.3 is 15.2 Å². The fourth-order valence-corrected chi connectivity index (χ4v) is 6.07. The van der Waals surface area contributed by atoms with Gasteiger partial charge >= 0.3 is 0 Å². The number of thioether (sulfide) groups is 1. The highest BCUT2D eigenvalue weighted by Gasteiger charge is 2.48. The standard InChI is InChI=1S/C15H25NO2S/c16-14(12-7-11-1-2-13(12)18-11)10-3-5-17-15(8-10)4-6-19-9-15/h10-14H,1-9,16H2. The minimum Gasteiger partial charge on any atom is -0.375 e. The molecule has 108 valence electrons. The van der Waals surface area contributed by atoms with Crippen LogP contribution in [0, 0.1) is 11.8 Å². The summed E-state index contributed by atoms with van der Waals surface area (Å²) in [6, 6.07) is 0.335. The maximum atomic E-state index is 6.65. The molecule has 1 spiro atoms. The van der Waals surface area contributed by atoms with Crippen LogP contribution >= 0.6 is 11.8 Å². The minimum atomic E-state index is 0.170. The average Bonchev–Trinajstić information content (AvgIpc) is 3.14. The quantitative estimate of drug-likeness (QED) is 0.843. The van der Waals surface area contributed by atoms with Crippen molar-refractivity contribution in [3.05, 3.63) is 0 Å². The van der Waals surface area contributed by atoms with E-state index in [0.717, 1.165) is 13.0 Å². The molecular formula is C15H25NO2S. The number of nitrogens with two attached hydrogens (primary N) is 1. The predicted molar refractivity (Wildman–Crippen MR) is 77.3 cm³/mol. The molecule has 6 unspecified atom stereocenters. The summed E-state index contributed by atoms with van der Waals surface area (Å²) in [7, 11) is 0. The summed E-state index contributed by atoms with van der Waals surface area (Å²) in [5.41, 5.74) is 6.82. The molecule has 4 aliphatic rings. The molecular weight excluding hydrogens is 258 g/mol. The summed E-state index contributed by atoms with van der Waals surface area (Å²) in [5.74, 6) is 3.72. The van der Waals surface area contributed by atoms with Crippen LogP contribution in [0.3, 0.4) is 0 Å². The molecule has 4 heteroatoms. The SMILES string of the molecule is NC(C1CCOC2(CCSC2)C1)C1CC2CCC1O2.